The van der Waals surface area contributed by atoms with Crippen molar-refractivity contribution in [3.05, 3.63) is 60.6 Å². The summed E-state index contributed by atoms with van der Waals surface area (Å²) in [6, 6.07) is 7.36. The summed E-state index contributed by atoms with van der Waals surface area (Å²) in [5.41, 5.74) is 3.38. The fourth-order valence-corrected chi connectivity index (χ4v) is 5.97. The molecule has 1 aromatic carbocycles. The highest BCUT2D eigenvalue weighted by Crippen LogP contribution is 2.38. The average Bonchev–Trinajstić information content (AvgIpc) is 3.48. The smallest absolute Gasteiger partial charge is 0.411 e. The van der Waals surface area contributed by atoms with E-state index < -0.39 is 15.9 Å². The molecule has 0 bridgehead atoms. The van der Waals surface area contributed by atoms with Crippen LogP contribution in [0.4, 0.5) is 9.18 Å². The van der Waals surface area contributed by atoms with Crippen molar-refractivity contribution >= 4 is 32.6 Å². The standard InChI is InChI=1S/C24H20FN5O5S/c25-16-5-3-14(4-6-16)21-19(10-30(28-21)17-11-36(33,34)12-17)22-18-8-20(35-23(18)27-13-26-22)15-2-1-7-29(9-15)24(31)32/h3-6,8-10,13,17H,1-2,7,11-12H2,(H,31,32). The van der Waals surface area contributed by atoms with Crippen molar-refractivity contribution in [1.82, 2.24) is 24.6 Å². The monoisotopic (exact) mass is 509 g/mol. The molecule has 36 heavy (non-hydrogen) atoms. The molecule has 1 fully saturated rings. The SMILES string of the molecule is O=C(O)N1C=C(c2cc3c(-c4cn(C5CS(=O)(=O)C5)nc4-c4ccc(F)cc4)ncnc3o2)CCC1. The number of hydrogen-bond acceptors (Lipinski definition) is 7. The summed E-state index contributed by atoms with van der Waals surface area (Å²) in [4.78, 5) is 21.4. The molecule has 0 atom stereocenters. The predicted molar refractivity (Wildman–Crippen MR) is 128 cm³/mol. The molecule has 3 aromatic heterocycles. The van der Waals surface area contributed by atoms with Crippen LogP contribution in [0.25, 0.3) is 39.2 Å². The molecule has 2 aliphatic heterocycles. The van der Waals surface area contributed by atoms with Crippen LogP contribution in [0.5, 0.6) is 0 Å². The topological polar surface area (TPSA) is 131 Å². The zero-order valence-electron chi connectivity index (χ0n) is 18.8. The van der Waals surface area contributed by atoms with Gasteiger partial charge in [0.15, 0.2) is 9.84 Å². The van der Waals surface area contributed by atoms with E-state index in [-0.39, 0.29) is 23.4 Å². The molecule has 184 valence electrons. The van der Waals surface area contributed by atoms with Crippen LogP contribution < -0.4 is 0 Å². The van der Waals surface area contributed by atoms with E-state index in [1.165, 1.54) is 23.4 Å². The summed E-state index contributed by atoms with van der Waals surface area (Å²) in [6.45, 7) is 0.418. The molecule has 0 aliphatic carbocycles. The Morgan fingerprint density at radius 1 is 1.14 bits per heavy atom. The van der Waals surface area contributed by atoms with Gasteiger partial charge in [0.25, 0.3) is 0 Å². The first-order chi connectivity index (χ1) is 17.3. The summed E-state index contributed by atoms with van der Waals surface area (Å²) in [6.07, 6.45) is 4.97. The minimum absolute atomic E-state index is 0.000251. The third kappa shape index (κ3) is 3.92. The summed E-state index contributed by atoms with van der Waals surface area (Å²) < 4.78 is 44.7. The molecular weight excluding hydrogens is 489 g/mol. The third-order valence-corrected chi connectivity index (χ3v) is 8.21. The molecule has 1 N–H and O–H groups in total. The zero-order chi connectivity index (χ0) is 25.0. The van der Waals surface area contributed by atoms with Crippen molar-refractivity contribution in [2.75, 3.05) is 18.1 Å². The molecule has 1 saturated heterocycles. The second-order valence-corrected chi connectivity index (χ2v) is 11.0. The molecule has 12 heteroatoms. The Morgan fingerprint density at radius 3 is 2.64 bits per heavy atom. The minimum atomic E-state index is -3.07. The van der Waals surface area contributed by atoms with E-state index in [1.54, 1.807) is 35.3 Å². The average molecular weight is 510 g/mol. The second-order valence-electron chi connectivity index (χ2n) is 8.89. The van der Waals surface area contributed by atoms with Crippen molar-refractivity contribution in [2.24, 2.45) is 0 Å². The fourth-order valence-electron chi connectivity index (χ4n) is 4.59. The first-order valence-corrected chi connectivity index (χ1v) is 13.1. The molecule has 0 radical (unpaired) electrons. The number of carbonyl (C=O) groups is 1. The number of allylic oxidation sites excluding steroid dienone is 1. The van der Waals surface area contributed by atoms with Crippen LogP contribution in [-0.2, 0) is 9.84 Å². The second kappa shape index (κ2) is 8.26. The number of sulfone groups is 1. The van der Waals surface area contributed by atoms with Crippen molar-refractivity contribution in [2.45, 2.75) is 18.9 Å². The summed E-state index contributed by atoms with van der Waals surface area (Å²) in [5.74, 6) is 0.115. The molecule has 0 unspecified atom stereocenters. The maximum absolute atomic E-state index is 13.6. The lowest BCUT2D eigenvalue weighted by Crippen LogP contribution is -2.38. The van der Waals surface area contributed by atoms with Crippen LogP contribution in [0, 0.1) is 5.82 Å². The Bertz CT molecular complexity index is 1630. The van der Waals surface area contributed by atoms with Crippen molar-refractivity contribution < 1.29 is 27.1 Å². The number of nitrogens with zero attached hydrogens (tertiary/aromatic N) is 5. The number of aromatic nitrogens is 4. The number of hydrogen-bond donors (Lipinski definition) is 1. The summed E-state index contributed by atoms with van der Waals surface area (Å²) in [7, 11) is -3.07. The lowest BCUT2D eigenvalue weighted by atomic mass is 10.0. The number of amides is 1. The van der Waals surface area contributed by atoms with Crippen LogP contribution in [0.3, 0.4) is 0 Å². The van der Waals surface area contributed by atoms with E-state index in [0.29, 0.717) is 58.8 Å². The van der Waals surface area contributed by atoms with Gasteiger partial charge < -0.3 is 9.52 Å². The number of carboxylic acid groups (broad SMARTS) is 1. The first kappa shape index (κ1) is 22.4. The third-order valence-electron chi connectivity index (χ3n) is 6.42. The summed E-state index contributed by atoms with van der Waals surface area (Å²) in [5, 5.41) is 14.6. The van der Waals surface area contributed by atoms with Gasteiger partial charge in [-0.3, -0.25) is 9.58 Å². The molecule has 6 rings (SSSR count). The Labute approximate surface area is 204 Å². The number of halogens is 1. The molecule has 2 aliphatic rings. The maximum atomic E-state index is 13.6. The van der Waals surface area contributed by atoms with Crippen LogP contribution in [0.15, 0.2) is 53.5 Å². The van der Waals surface area contributed by atoms with Crippen molar-refractivity contribution in [1.29, 1.82) is 0 Å². The van der Waals surface area contributed by atoms with Crippen LogP contribution >= 0.6 is 0 Å². The Hall–Kier alpha value is -4.06. The highest BCUT2D eigenvalue weighted by Gasteiger charge is 2.36. The molecule has 5 heterocycles. The molecule has 0 saturated carbocycles. The van der Waals surface area contributed by atoms with Crippen molar-refractivity contribution in [3.8, 4) is 22.5 Å². The van der Waals surface area contributed by atoms with Gasteiger partial charge in [-0.25, -0.2) is 27.6 Å². The Morgan fingerprint density at radius 2 is 1.92 bits per heavy atom. The number of rotatable bonds is 4. The van der Waals surface area contributed by atoms with Gasteiger partial charge in [-0.15, -0.1) is 0 Å². The molecule has 10 nitrogen and oxygen atoms in total. The van der Waals surface area contributed by atoms with Gasteiger partial charge in [0.05, 0.1) is 28.6 Å². The van der Waals surface area contributed by atoms with Crippen LogP contribution in [0.2, 0.25) is 0 Å². The van der Waals surface area contributed by atoms with Gasteiger partial charge in [-0.05, 0) is 43.2 Å². The first-order valence-electron chi connectivity index (χ1n) is 11.3. The number of benzene rings is 1. The maximum Gasteiger partial charge on any atom is 0.411 e. The highest BCUT2D eigenvalue weighted by atomic mass is 32.2. The van der Waals surface area contributed by atoms with Crippen LogP contribution in [-0.4, -0.2) is 62.3 Å². The van der Waals surface area contributed by atoms with E-state index >= 15 is 0 Å². The van der Waals surface area contributed by atoms with Crippen LogP contribution in [0.1, 0.15) is 24.6 Å². The van der Waals surface area contributed by atoms with Gasteiger partial charge in [-0.1, -0.05) is 0 Å². The largest absolute Gasteiger partial charge is 0.465 e. The van der Waals surface area contributed by atoms with E-state index in [0.717, 1.165) is 5.57 Å². The predicted octanol–water partition coefficient (Wildman–Crippen LogP) is 3.98. The molecule has 4 aromatic rings. The van der Waals surface area contributed by atoms with Gasteiger partial charge in [0.2, 0.25) is 5.71 Å². The Kier molecular flexibility index (Phi) is 5.14. The van der Waals surface area contributed by atoms with Crippen molar-refractivity contribution in [3.63, 3.8) is 0 Å². The lowest BCUT2D eigenvalue weighted by molar-refractivity contribution is 0.161. The molecule has 1 amide bonds. The fraction of sp³-hybridized carbons (Fsp3) is 0.250. The summed E-state index contributed by atoms with van der Waals surface area (Å²) >= 11 is 0. The minimum Gasteiger partial charge on any atom is -0.465 e. The quantitative estimate of drug-likeness (QED) is 0.437. The highest BCUT2D eigenvalue weighted by molar-refractivity contribution is 7.92. The van der Waals surface area contributed by atoms with Gasteiger partial charge in [0, 0.05) is 35.6 Å². The van der Waals surface area contributed by atoms with Gasteiger partial charge in [0.1, 0.15) is 23.6 Å². The van der Waals surface area contributed by atoms with Gasteiger partial charge >= 0.3 is 6.09 Å². The van der Waals surface area contributed by atoms with E-state index in [9.17, 15) is 22.7 Å². The Balaban J connectivity index is 1.48. The van der Waals surface area contributed by atoms with E-state index in [1.807, 2.05) is 0 Å². The van der Waals surface area contributed by atoms with E-state index in [4.69, 9.17) is 4.42 Å². The molecular formula is C24H20FN5O5S. The van der Waals surface area contributed by atoms with E-state index in [2.05, 4.69) is 15.1 Å². The number of fused-ring (bicyclic) bond motifs is 1. The number of furan rings is 1. The molecule has 0 spiro atoms. The lowest BCUT2D eigenvalue weighted by Gasteiger charge is -2.25. The zero-order valence-corrected chi connectivity index (χ0v) is 19.7. The normalized spacial score (nSPS) is 17.7. The van der Waals surface area contributed by atoms with Gasteiger partial charge in [-0.2, -0.15) is 5.10 Å².